The molecule has 106 valence electrons. The second kappa shape index (κ2) is 5.66. The second-order valence-electron chi connectivity index (χ2n) is 5.52. The van der Waals surface area contributed by atoms with Crippen molar-refractivity contribution in [2.75, 3.05) is 11.9 Å². The normalized spacial score (nSPS) is 14.1. The summed E-state index contributed by atoms with van der Waals surface area (Å²) in [5.41, 5.74) is 0.976. The average molecular weight is 291 g/mol. The van der Waals surface area contributed by atoms with E-state index in [0.717, 1.165) is 5.56 Å². The van der Waals surface area contributed by atoms with Crippen LogP contribution in [-0.2, 0) is 15.6 Å². The van der Waals surface area contributed by atoms with Gasteiger partial charge in [-0.05, 0) is 44.5 Å². The van der Waals surface area contributed by atoms with Crippen LogP contribution in [0, 0.1) is 0 Å². The number of hydrogen-bond acceptors (Lipinski definition) is 4. The minimum atomic E-state index is -0.457. The Kier molecular flexibility index (Phi) is 4.13. The van der Waals surface area contributed by atoms with E-state index in [4.69, 9.17) is 9.47 Å². The zero-order valence-electron chi connectivity index (χ0n) is 11.8. The molecule has 2 radical (unpaired) electrons. The Morgan fingerprint density at radius 3 is 2.90 bits per heavy atom. The lowest BCUT2D eigenvalue weighted by Crippen LogP contribution is -2.27. The summed E-state index contributed by atoms with van der Waals surface area (Å²) in [7, 11) is 0.0494. The number of anilines is 1. The third kappa shape index (κ3) is 4.09. The second-order valence-corrected chi connectivity index (χ2v) is 6.64. The highest BCUT2D eigenvalue weighted by atomic mass is 28.2. The van der Waals surface area contributed by atoms with Gasteiger partial charge >= 0.3 is 0 Å². The molecular formula is C14H17NO4Si. The van der Waals surface area contributed by atoms with Crippen molar-refractivity contribution in [1.82, 2.24) is 0 Å². The Morgan fingerprint density at radius 1 is 1.45 bits per heavy atom. The SMILES string of the molecule is CC(C)(C)OC(=O)[Si]Cc1ccc2c(c1)NC(=O)CO2. The highest BCUT2D eigenvalue weighted by Gasteiger charge is 2.18. The molecule has 0 fully saturated rings. The van der Waals surface area contributed by atoms with Crippen LogP contribution in [0.25, 0.3) is 0 Å². The predicted octanol–water partition coefficient (Wildman–Crippen LogP) is 2.16. The fourth-order valence-corrected chi connectivity index (χ4v) is 2.68. The van der Waals surface area contributed by atoms with Crippen LogP contribution in [0.2, 0.25) is 0 Å². The summed E-state index contributed by atoms with van der Waals surface area (Å²) in [6.07, 6.45) is 0. The van der Waals surface area contributed by atoms with E-state index >= 15 is 0 Å². The molecule has 0 aromatic heterocycles. The van der Waals surface area contributed by atoms with E-state index in [1.807, 2.05) is 39.0 Å². The van der Waals surface area contributed by atoms with E-state index in [2.05, 4.69) is 5.32 Å². The Bertz CT molecular complexity index is 536. The van der Waals surface area contributed by atoms with Gasteiger partial charge < -0.3 is 14.8 Å². The smallest absolute Gasteiger partial charge is 0.268 e. The number of carbonyl (C=O) groups is 2. The van der Waals surface area contributed by atoms with E-state index in [1.165, 1.54) is 0 Å². The van der Waals surface area contributed by atoms with Crippen molar-refractivity contribution in [1.29, 1.82) is 0 Å². The molecule has 0 saturated heterocycles. The third-order valence-corrected chi connectivity index (χ3v) is 3.49. The highest BCUT2D eigenvalue weighted by Crippen LogP contribution is 2.28. The molecule has 1 aliphatic heterocycles. The number of rotatable bonds is 3. The fraction of sp³-hybridized carbons (Fsp3) is 0.429. The molecule has 20 heavy (non-hydrogen) atoms. The number of amides is 1. The van der Waals surface area contributed by atoms with Gasteiger partial charge in [-0.3, -0.25) is 9.59 Å². The van der Waals surface area contributed by atoms with Gasteiger partial charge in [0, 0.05) is 0 Å². The topological polar surface area (TPSA) is 64.6 Å². The van der Waals surface area contributed by atoms with Crippen molar-refractivity contribution in [3.8, 4) is 5.75 Å². The van der Waals surface area contributed by atoms with Crippen molar-refractivity contribution in [3.05, 3.63) is 23.8 Å². The molecule has 5 nitrogen and oxygen atoms in total. The average Bonchev–Trinajstić information content (AvgIpc) is 2.33. The maximum atomic E-state index is 11.7. The molecular weight excluding hydrogens is 274 g/mol. The van der Waals surface area contributed by atoms with Crippen LogP contribution < -0.4 is 10.1 Å². The summed E-state index contributed by atoms with van der Waals surface area (Å²) in [5.74, 6) is 0.498. The molecule has 0 spiro atoms. The van der Waals surface area contributed by atoms with Crippen molar-refractivity contribution in [2.24, 2.45) is 0 Å². The van der Waals surface area contributed by atoms with E-state index in [-0.39, 0.29) is 27.6 Å². The molecule has 0 aliphatic carbocycles. The van der Waals surface area contributed by atoms with Crippen LogP contribution in [0.4, 0.5) is 10.5 Å². The van der Waals surface area contributed by atoms with Crippen molar-refractivity contribution < 1.29 is 19.1 Å². The number of ether oxygens (including phenoxy) is 2. The first kappa shape index (κ1) is 14.6. The molecule has 6 heteroatoms. The van der Waals surface area contributed by atoms with Gasteiger partial charge in [-0.1, -0.05) is 6.07 Å². The molecule has 1 aromatic rings. The number of benzene rings is 1. The minimum Gasteiger partial charge on any atom is -0.482 e. The Morgan fingerprint density at radius 2 is 2.20 bits per heavy atom. The van der Waals surface area contributed by atoms with Gasteiger partial charge in [-0.2, -0.15) is 0 Å². The summed E-state index contributed by atoms with van der Waals surface area (Å²) >= 11 is 0. The summed E-state index contributed by atoms with van der Waals surface area (Å²) in [4.78, 5) is 22.9. The van der Waals surface area contributed by atoms with Gasteiger partial charge in [0.25, 0.3) is 11.5 Å². The molecule has 1 aliphatic rings. The predicted molar refractivity (Wildman–Crippen MR) is 76.3 cm³/mol. The van der Waals surface area contributed by atoms with E-state index in [0.29, 0.717) is 17.5 Å². The molecule has 1 heterocycles. The van der Waals surface area contributed by atoms with Crippen LogP contribution in [-0.4, -0.2) is 33.2 Å². The Hall–Kier alpha value is -1.82. The zero-order chi connectivity index (χ0) is 14.8. The standard InChI is InChI=1S/C14H17NO4Si/c1-14(2,3)19-13(17)20-8-9-4-5-11-10(6-9)15-12(16)7-18-11/h4-6H,7-8H2,1-3H3,(H,15,16). The van der Waals surface area contributed by atoms with Crippen LogP contribution in [0.15, 0.2) is 18.2 Å². The van der Waals surface area contributed by atoms with Crippen molar-refractivity contribution in [3.63, 3.8) is 0 Å². The van der Waals surface area contributed by atoms with Gasteiger partial charge in [0.1, 0.15) is 11.4 Å². The van der Waals surface area contributed by atoms with Crippen molar-refractivity contribution >= 4 is 26.7 Å². The summed E-state index contributed by atoms with van der Waals surface area (Å²) in [6, 6.07) is 6.14. The molecule has 0 saturated carbocycles. The first-order valence-corrected chi connectivity index (χ1v) is 7.57. The van der Waals surface area contributed by atoms with Gasteiger partial charge in [-0.15, -0.1) is 0 Å². The van der Waals surface area contributed by atoms with Gasteiger partial charge in [0.15, 0.2) is 16.1 Å². The van der Waals surface area contributed by atoms with Crippen LogP contribution in [0.5, 0.6) is 5.75 Å². The lowest BCUT2D eigenvalue weighted by Gasteiger charge is -2.20. The van der Waals surface area contributed by atoms with E-state index in [1.54, 1.807) is 0 Å². The molecule has 1 aromatic carbocycles. The molecule has 0 atom stereocenters. The van der Waals surface area contributed by atoms with Gasteiger partial charge in [-0.25, -0.2) is 0 Å². The fourth-order valence-electron chi connectivity index (χ4n) is 1.73. The summed E-state index contributed by atoms with van der Waals surface area (Å²) in [6.45, 7) is 5.59. The lowest BCUT2D eigenvalue weighted by atomic mass is 10.2. The van der Waals surface area contributed by atoms with E-state index < -0.39 is 5.60 Å². The number of hydrogen-bond donors (Lipinski definition) is 1. The summed E-state index contributed by atoms with van der Waals surface area (Å²) < 4.78 is 10.5. The molecule has 1 N–H and O–H groups in total. The summed E-state index contributed by atoms with van der Waals surface area (Å²) in [5, 5.41) is 2.75. The number of carbonyl (C=O) groups excluding carboxylic acids is 2. The molecule has 0 bridgehead atoms. The number of nitrogens with one attached hydrogen (secondary N) is 1. The maximum Gasteiger partial charge on any atom is 0.268 e. The van der Waals surface area contributed by atoms with Gasteiger partial charge in [0.2, 0.25) is 0 Å². The Balaban J connectivity index is 1.96. The van der Waals surface area contributed by atoms with Crippen LogP contribution >= 0.6 is 0 Å². The third-order valence-electron chi connectivity index (χ3n) is 2.51. The first-order valence-electron chi connectivity index (χ1n) is 6.36. The molecule has 0 unspecified atom stereocenters. The largest absolute Gasteiger partial charge is 0.482 e. The van der Waals surface area contributed by atoms with E-state index in [9.17, 15) is 9.59 Å². The highest BCUT2D eigenvalue weighted by molar-refractivity contribution is 6.71. The molecule has 2 rings (SSSR count). The van der Waals surface area contributed by atoms with Crippen LogP contribution in [0.3, 0.4) is 0 Å². The Labute approximate surface area is 120 Å². The maximum absolute atomic E-state index is 11.7. The van der Waals surface area contributed by atoms with Crippen LogP contribution in [0.1, 0.15) is 26.3 Å². The minimum absolute atomic E-state index is 0.0476. The lowest BCUT2D eigenvalue weighted by molar-refractivity contribution is -0.118. The monoisotopic (exact) mass is 291 g/mol. The zero-order valence-corrected chi connectivity index (χ0v) is 12.8. The van der Waals surface area contributed by atoms with Gasteiger partial charge in [0.05, 0.1) is 5.69 Å². The quantitative estimate of drug-likeness (QED) is 0.867. The first-order chi connectivity index (χ1) is 9.33. The molecule has 1 amide bonds. The van der Waals surface area contributed by atoms with Crippen molar-refractivity contribution in [2.45, 2.75) is 32.4 Å². The number of fused-ring (bicyclic) bond motifs is 1.